The number of benzene rings is 1. The molecule has 1 aromatic carbocycles. The molecule has 1 aromatic heterocycles. The molecule has 0 bridgehead atoms. The van der Waals surface area contributed by atoms with E-state index in [0.717, 1.165) is 16.3 Å². The molecule has 0 radical (unpaired) electrons. The molecule has 0 spiro atoms. The third-order valence-electron chi connectivity index (χ3n) is 2.77. The van der Waals surface area contributed by atoms with Crippen LogP contribution < -0.4 is 5.73 Å². The standard InChI is InChI=1S/C14H14N4S/c15-11-14(16,12-4-2-1-3-5-12)6-9-19-13-10-17-7-8-18-13/h1-5,7-8,10H,6,9,16H2. The van der Waals surface area contributed by atoms with E-state index in [1.807, 2.05) is 30.3 Å². The van der Waals surface area contributed by atoms with Crippen molar-refractivity contribution in [3.63, 3.8) is 0 Å². The fraction of sp³-hybridized carbons (Fsp3) is 0.214. The zero-order valence-corrected chi connectivity index (χ0v) is 11.2. The second-order valence-corrected chi connectivity index (χ2v) is 5.21. The molecule has 0 fully saturated rings. The number of nitriles is 1. The first-order valence-electron chi connectivity index (χ1n) is 5.89. The fourth-order valence-electron chi connectivity index (χ4n) is 1.68. The molecule has 5 heteroatoms. The lowest BCUT2D eigenvalue weighted by atomic mass is 9.90. The van der Waals surface area contributed by atoms with Gasteiger partial charge in [0, 0.05) is 18.1 Å². The van der Waals surface area contributed by atoms with Gasteiger partial charge in [0.25, 0.3) is 0 Å². The van der Waals surface area contributed by atoms with Crippen molar-refractivity contribution in [1.29, 1.82) is 5.26 Å². The highest BCUT2D eigenvalue weighted by atomic mass is 32.2. The van der Waals surface area contributed by atoms with E-state index in [0.29, 0.717) is 6.42 Å². The Morgan fingerprint density at radius 3 is 2.68 bits per heavy atom. The number of rotatable bonds is 5. The molecule has 0 aliphatic heterocycles. The molecule has 0 aliphatic rings. The lowest BCUT2D eigenvalue weighted by Crippen LogP contribution is -2.35. The van der Waals surface area contributed by atoms with Crippen molar-refractivity contribution in [1.82, 2.24) is 9.97 Å². The van der Waals surface area contributed by atoms with E-state index in [4.69, 9.17) is 5.73 Å². The topological polar surface area (TPSA) is 75.6 Å². The highest BCUT2D eigenvalue weighted by Gasteiger charge is 2.26. The molecule has 2 aromatic rings. The lowest BCUT2D eigenvalue weighted by Gasteiger charge is -2.21. The van der Waals surface area contributed by atoms with Gasteiger partial charge in [0.15, 0.2) is 0 Å². The molecule has 1 heterocycles. The summed E-state index contributed by atoms with van der Waals surface area (Å²) in [6.45, 7) is 0. The Kier molecular flexibility index (Phi) is 4.50. The SMILES string of the molecule is N#CC(N)(CCSc1cnccn1)c1ccccc1. The van der Waals surface area contributed by atoms with Gasteiger partial charge in [-0.15, -0.1) is 11.8 Å². The monoisotopic (exact) mass is 270 g/mol. The molecule has 4 nitrogen and oxygen atoms in total. The van der Waals surface area contributed by atoms with Crippen LogP contribution in [0.5, 0.6) is 0 Å². The highest BCUT2D eigenvalue weighted by molar-refractivity contribution is 7.99. The predicted octanol–water partition coefficient (Wildman–Crippen LogP) is 2.34. The number of hydrogen-bond acceptors (Lipinski definition) is 5. The van der Waals surface area contributed by atoms with Gasteiger partial charge in [-0.05, 0) is 12.0 Å². The highest BCUT2D eigenvalue weighted by Crippen LogP contribution is 2.25. The van der Waals surface area contributed by atoms with Gasteiger partial charge in [-0.3, -0.25) is 4.98 Å². The van der Waals surface area contributed by atoms with Crippen LogP contribution in [0.15, 0.2) is 53.9 Å². The van der Waals surface area contributed by atoms with Crippen LogP contribution in [0.4, 0.5) is 0 Å². The van der Waals surface area contributed by atoms with Gasteiger partial charge in [0.1, 0.15) is 10.6 Å². The Morgan fingerprint density at radius 1 is 1.26 bits per heavy atom. The van der Waals surface area contributed by atoms with E-state index in [2.05, 4.69) is 16.0 Å². The molecule has 0 aliphatic carbocycles. The lowest BCUT2D eigenvalue weighted by molar-refractivity contribution is 0.560. The van der Waals surface area contributed by atoms with E-state index in [-0.39, 0.29) is 0 Å². The van der Waals surface area contributed by atoms with Crippen LogP contribution in [0.25, 0.3) is 0 Å². The number of aromatic nitrogens is 2. The molecular weight excluding hydrogens is 256 g/mol. The zero-order chi connectivity index (χ0) is 13.6. The average molecular weight is 270 g/mol. The molecule has 2 N–H and O–H groups in total. The Morgan fingerprint density at radius 2 is 2.05 bits per heavy atom. The van der Waals surface area contributed by atoms with E-state index in [9.17, 15) is 5.26 Å². The van der Waals surface area contributed by atoms with Crippen LogP contribution in [0.3, 0.4) is 0 Å². The van der Waals surface area contributed by atoms with Gasteiger partial charge in [-0.1, -0.05) is 30.3 Å². The molecule has 96 valence electrons. The first kappa shape index (κ1) is 13.5. The quantitative estimate of drug-likeness (QED) is 0.844. The van der Waals surface area contributed by atoms with Crippen LogP contribution in [-0.2, 0) is 5.54 Å². The van der Waals surface area contributed by atoms with Crippen molar-refractivity contribution in [3.05, 3.63) is 54.5 Å². The van der Waals surface area contributed by atoms with Crippen LogP contribution in [-0.4, -0.2) is 15.7 Å². The molecule has 1 unspecified atom stereocenters. The van der Waals surface area contributed by atoms with Crippen molar-refractivity contribution in [2.45, 2.75) is 17.0 Å². The van der Waals surface area contributed by atoms with Crippen molar-refractivity contribution in [2.24, 2.45) is 5.73 Å². The van der Waals surface area contributed by atoms with Crippen LogP contribution in [0.1, 0.15) is 12.0 Å². The summed E-state index contributed by atoms with van der Waals surface area (Å²) in [6, 6.07) is 11.7. The van der Waals surface area contributed by atoms with Crippen LogP contribution >= 0.6 is 11.8 Å². The summed E-state index contributed by atoms with van der Waals surface area (Å²) >= 11 is 1.55. The maximum Gasteiger partial charge on any atom is 0.130 e. The van der Waals surface area contributed by atoms with Gasteiger partial charge in [-0.25, -0.2) is 4.98 Å². The zero-order valence-electron chi connectivity index (χ0n) is 10.4. The van der Waals surface area contributed by atoms with Crippen molar-refractivity contribution < 1.29 is 0 Å². The minimum atomic E-state index is -0.948. The summed E-state index contributed by atoms with van der Waals surface area (Å²) in [5, 5.41) is 10.2. The Hall–Kier alpha value is -1.90. The van der Waals surface area contributed by atoms with Crippen LogP contribution in [0.2, 0.25) is 0 Å². The maximum absolute atomic E-state index is 9.32. The van der Waals surface area contributed by atoms with Crippen molar-refractivity contribution in [3.8, 4) is 6.07 Å². The average Bonchev–Trinajstić information content (AvgIpc) is 2.49. The summed E-state index contributed by atoms with van der Waals surface area (Å²) < 4.78 is 0. The number of nitrogens with two attached hydrogens (primary N) is 1. The second-order valence-electron chi connectivity index (χ2n) is 4.09. The first-order valence-corrected chi connectivity index (χ1v) is 6.88. The Labute approximate surface area is 116 Å². The molecule has 2 rings (SSSR count). The smallest absolute Gasteiger partial charge is 0.130 e. The van der Waals surface area contributed by atoms with Gasteiger partial charge >= 0.3 is 0 Å². The molecular formula is C14H14N4S. The molecule has 1 atom stereocenters. The van der Waals surface area contributed by atoms with Crippen LogP contribution in [0, 0.1) is 11.3 Å². The summed E-state index contributed by atoms with van der Waals surface area (Å²) in [4.78, 5) is 8.17. The Bertz CT molecular complexity index is 553. The van der Waals surface area contributed by atoms with Gasteiger partial charge < -0.3 is 5.73 Å². The summed E-state index contributed by atoms with van der Waals surface area (Å²) in [5.74, 6) is 0.720. The normalized spacial score (nSPS) is 13.5. The van der Waals surface area contributed by atoms with E-state index in [1.54, 1.807) is 30.4 Å². The van der Waals surface area contributed by atoms with E-state index < -0.39 is 5.54 Å². The fourth-order valence-corrected chi connectivity index (χ4v) is 2.58. The first-order chi connectivity index (χ1) is 9.24. The number of thioether (sulfide) groups is 1. The minimum Gasteiger partial charge on any atom is -0.310 e. The second kappa shape index (κ2) is 6.32. The van der Waals surface area contributed by atoms with E-state index >= 15 is 0 Å². The largest absolute Gasteiger partial charge is 0.310 e. The molecule has 0 saturated heterocycles. The number of hydrogen-bond donors (Lipinski definition) is 1. The third-order valence-corrected chi connectivity index (χ3v) is 3.69. The van der Waals surface area contributed by atoms with Crippen molar-refractivity contribution in [2.75, 3.05) is 5.75 Å². The van der Waals surface area contributed by atoms with Gasteiger partial charge in [0.05, 0.1) is 12.3 Å². The van der Waals surface area contributed by atoms with Crippen molar-refractivity contribution >= 4 is 11.8 Å². The Balaban J connectivity index is 1.99. The summed E-state index contributed by atoms with van der Waals surface area (Å²) in [7, 11) is 0. The summed E-state index contributed by atoms with van der Waals surface area (Å²) in [6.07, 6.45) is 5.56. The predicted molar refractivity (Wildman–Crippen MR) is 75.3 cm³/mol. The van der Waals surface area contributed by atoms with Gasteiger partial charge in [-0.2, -0.15) is 5.26 Å². The minimum absolute atomic E-state index is 0.564. The number of nitrogens with zero attached hydrogens (tertiary/aromatic N) is 3. The third kappa shape index (κ3) is 3.53. The molecule has 0 saturated carbocycles. The maximum atomic E-state index is 9.32. The van der Waals surface area contributed by atoms with E-state index in [1.165, 1.54) is 0 Å². The summed E-state index contributed by atoms with van der Waals surface area (Å²) in [5.41, 5.74) is 6.07. The molecule has 19 heavy (non-hydrogen) atoms. The van der Waals surface area contributed by atoms with Gasteiger partial charge in [0.2, 0.25) is 0 Å². The molecule has 0 amide bonds.